The second kappa shape index (κ2) is 7.54. The molecule has 1 N–H and O–H groups in total. The summed E-state index contributed by atoms with van der Waals surface area (Å²) in [6.07, 6.45) is 3.72. The van der Waals surface area contributed by atoms with E-state index in [1.54, 1.807) is 18.3 Å². The number of anilines is 2. The fourth-order valence-electron chi connectivity index (χ4n) is 3.72. The minimum atomic E-state index is -0.338. The van der Waals surface area contributed by atoms with Crippen LogP contribution < -0.4 is 5.32 Å². The van der Waals surface area contributed by atoms with Crippen molar-refractivity contribution in [3.63, 3.8) is 0 Å². The zero-order valence-corrected chi connectivity index (χ0v) is 16.1. The van der Waals surface area contributed by atoms with Gasteiger partial charge < -0.3 is 10.2 Å². The topological polar surface area (TPSA) is 58.1 Å². The molecule has 0 aliphatic carbocycles. The molecule has 1 aliphatic heterocycles. The summed E-state index contributed by atoms with van der Waals surface area (Å²) in [5, 5.41) is 3.98. The van der Waals surface area contributed by atoms with E-state index in [2.05, 4.69) is 22.2 Å². The van der Waals surface area contributed by atoms with Crippen LogP contribution in [0.25, 0.3) is 11.0 Å². The molecule has 1 atom stereocenters. The van der Waals surface area contributed by atoms with Crippen LogP contribution in [0.2, 0.25) is 0 Å². The van der Waals surface area contributed by atoms with Crippen LogP contribution in [-0.2, 0) is 0 Å². The van der Waals surface area contributed by atoms with Crippen molar-refractivity contribution in [1.29, 1.82) is 0 Å². The number of halogens is 1. The van der Waals surface area contributed by atoms with Crippen LogP contribution in [0, 0.1) is 18.7 Å². The van der Waals surface area contributed by atoms with Crippen molar-refractivity contribution in [3.8, 4) is 0 Å². The van der Waals surface area contributed by atoms with E-state index in [4.69, 9.17) is 0 Å². The van der Waals surface area contributed by atoms with E-state index in [9.17, 15) is 9.18 Å². The normalized spacial score (nSPS) is 17.0. The van der Waals surface area contributed by atoms with Gasteiger partial charge in [-0.1, -0.05) is 13.0 Å². The molecule has 28 heavy (non-hydrogen) atoms. The zero-order chi connectivity index (χ0) is 19.7. The molecule has 144 valence electrons. The van der Waals surface area contributed by atoms with Crippen molar-refractivity contribution < 1.29 is 9.18 Å². The van der Waals surface area contributed by atoms with Crippen molar-refractivity contribution in [2.45, 2.75) is 26.7 Å². The number of nitrogens with one attached hydrogen (secondary N) is 1. The molecule has 0 radical (unpaired) electrons. The second-order valence-electron chi connectivity index (χ2n) is 7.50. The average Bonchev–Trinajstić information content (AvgIpc) is 2.67. The Morgan fingerprint density at radius 2 is 2.14 bits per heavy atom. The highest BCUT2D eigenvalue weighted by Crippen LogP contribution is 2.30. The Morgan fingerprint density at radius 3 is 2.93 bits per heavy atom. The molecule has 0 saturated carbocycles. The van der Waals surface area contributed by atoms with E-state index in [-0.39, 0.29) is 11.7 Å². The number of benzene rings is 1. The Bertz CT molecular complexity index is 1040. The van der Waals surface area contributed by atoms with Crippen LogP contribution >= 0.6 is 0 Å². The number of pyridine rings is 2. The van der Waals surface area contributed by atoms with E-state index in [1.165, 1.54) is 12.1 Å². The lowest BCUT2D eigenvalue weighted by molar-refractivity contribution is 0.0684. The van der Waals surface area contributed by atoms with E-state index in [0.29, 0.717) is 28.5 Å². The number of fused-ring (bicyclic) bond motifs is 1. The Morgan fingerprint density at radius 1 is 1.29 bits per heavy atom. The summed E-state index contributed by atoms with van der Waals surface area (Å²) >= 11 is 0. The smallest absolute Gasteiger partial charge is 0.257 e. The molecule has 1 amide bonds. The first-order valence-corrected chi connectivity index (χ1v) is 9.59. The lowest BCUT2D eigenvalue weighted by atomic mass is 9.99. The lowest BCUT2D eigenvalue weighted by Crippen LogP contribution is -2.39. The zero-order valence-electron chi connectivity index (χ0n) is 16.1. The second-order valence-corrected chi connectivity index (χ2v) is 7.50. The van der Waals surface area contributed by atoms with Gasteiger partial charge in [0.25, 0.3) is 5.91 Å². The number of amides is 1. The summed E-state index contributed by atoms with van der Waals surface area (Å²) < 4.78 is 13.7. The molecule has 1 aromatic carbocycles. The summed E-state index contributed by atoms with van der Waals surface area (Å²) in [5.74, 6) is 0.0885. The molecule has 1 aliphatic rings. The van der Waals surface area contributed by atoms with Gasteiger partial charge in [0.05, 0.1) is 11.3 Å². The van der Waals surface area contributed by atoms with Gasteiger partial charge in [-0.3, -0.25) is 4.79 Å². The summed E-state index contributed by atoms with van der Waals surface area (Å²) in [6, 6.07) is 10.00. The molecule has 2 aromatic heterocycles. The Balaban J connectivity index is 1.80. The van der Waals surface area contributed by atoms with Crippen LogP contribution in [0.4, 0.5) is 15.8 Å². The fourth-order valence-corrected chi connectivity index (χ4v) is 3.72. The van der Waals surface area contributed by atoms with Gasteiger partial charge >= 0.3 is 0 Å². The first kappa shape index (κ1) is 18.3. The predicted molar refractivity (Wildman–Crippen MR) is 108 cm³/mol. The van der Waals surface area contributed by atoms with Gasteiger partial charge in [0.1, 0.15) is 5.82 Å². The van der Waals surface area contributed by atoms with Crippen molar-refractivity contribution in [3.05, 3.63) is 59.7 Å². The maximum Gasteiger partial charge on any atom is 0.257 e. The van der Waals surface area contributed by atoms with Gasteiger partial charge in [0, 0.05) is 36.1 Å². The van der Waals surface area contributed by atoms with Crippen molar-refractivity contribution in [2.24, 2.45) is 5.92 Å². The number of hydrogen-bond acceptors (Lipinski definition) is 4. The largest absolute Gasteiger partial charge is 0.354 e. The minimum Gasteiger partial charge on any atom is -0.354 e. The number of hydrogen-bond donors (Lipinski definition) is 1. The molecular weight excluding hydrogens is 355 g/mol. The number of aryl methyl sites for hydroxylation is 1. The van der Waals surface area contributed by atoms with Crippen molar-refractivity contribution in [1.82, 2.24) is 14.9 Å². The van der Waals surface area contributed by atoms with E-state index >= 15 is 0 Å². The number of aromatic nitrogens is 2. The predicted octanol–water partition coefficient (Wildman–Crippen LogP) is 4.69. The highest BCUT2D eigenvalue weighted by Gasteiger charge is 2.25. The number of likely N-dealkylation sites (tertiary alicyclic amines) is 1. The van der Waals surface area contributed by atoms with Gasteiger partial charge in [-0.15, -0.1) is 0 Å². The molecule has 3 aromatic rings. The Kier molecular flexibility index (Phi) is 4.94. The van der Waals surface area contributed by atoms with Crippen LogP contribution in [0.5, 0.6) is 0 Å². The Hall–Kier alpha value is -3.02. The maximum atomic E-state index is 13.7. The van der Waals surface area contributed by atoms with Crippen molar-refractivity contribution in [2.75, 3.05) is 18.4 Å². The third-order valence-electron chi connectivity index (χ3n) is 5.14. The quantitative estimate of drug-likeness (QED) is 0.718. The van der Waals surface area contributed by atoms with E-state index in [0.717, 1.165) is 37.0 Å². The van der Waals surface area contributed by atoms with E-state index in [1.807, 2.05) is 24.0 Å². The highest BCUT2D eigenvalue weighted by atomic mass is 19.1. The first-order chi connectivity index (χ1) is 13.5. The minimum absolute atomic E-state index is 0.0552. The number of nitrogens with zero attached hydrogens (tertiary/aromatic N) is 3. The van der Waals surface area contributed by atoms with Gasteiger partial charge in [-0.25, -0.2) is 14.4 Å². The van der Waals surface area contributed by atoms with E-state index < -0.39 is 0 Å². The number of rotatable bonds is 3. The van der Waals surface area contributed by atoms with Crippen LogP contribution in [0.15, 0.2) is 42.6 Å². The van der Waals surface area contributed by atoms with Gasteiger partial charge in [-0.05, 0) is 56.0 Å². The van der Waals surface area contributed by atoms with Gasteiger partial charge in [0.2, 0.25) is 0 Å². The SMILES string of the molecule is Cc1ccc2c(Nc3cccc(F)c3)c(C(=O)N3CCC[C@H](C)C3)cnc2n1. The third-order valence-corrected chi connectivity index (χ3v) is 5.14. The number of carbonyl (C=O) groups excluding carboxylic acids is 1. The summed E-state index contributed by atoms with van der Waals surface area (Å²) in [5.41, 5.74) is 3.08. The van der Waals surface area contributed by atoms with Crippen molar-refractivity contribution >= 4 is 28.3 Å². The first-order valence-electron chi connectivity index (χ1n) is 9.59. The molecule has 4 rings (SSSR count). The summed E-state index contributed by atoms with van der Waals surface area (Å²) in [6.45, 7) is 5.54. The number of piperidine rings is 1. The summed E-state index contributed by atoms with van der Waals surface area (Å²) in [4.78, 5) is 24.1. The molecule has 3 heterocycles. The number of carbonyl (C=O) groups is 1. The molecule has 1 fully saturated rings. The Labute approximate surface area is 163 Å². The molecule has 0 unspecified atom stereocenters. The molecule has 6 heteroatoms. The lowest BCUT2D eigenvalue weighted by Gasteiger charge is -2.31. The van der Waals surface area contributed by atoms with Gasteiger partial charge in [-0.2, -0.15) is 0 Å². The van der Waals surface area contributed by atoms with Gasteiger partial charge in [0.15, 0.2) is 5.65 Å². The monoisotopic (exact) mass is 378 g/mol. The molecular formula is C22H23FN4O. The summed E-state index contributed by atoms with van der Waals surface area (Å²) in [7, 11) is 0. The van der Waals surface area contributed by atoms with Crippen LogP contribution in [0.3, 0.4) is 0 Å². The average molecular weight is 378 g/mol. The fraction of sp³-hybridized carbons (Fsp3) is 0.318. The standard InChI is InChI=1S/C22H23FN4O/c1-14-5-4-10-27(13-14)22(28)19-12-24-21-18(9-8-15(2)25-21)20(19)26-17-7-3-6-16(23)11-17/h3,6-9,11-12,14H,4-5,10,13H2,1-2H3,(H,24,25,26)/t14-/m0/s1. The third kappa shape index (κ3) is 3.67. The van der Waals surface area contributed by atoms with Crippen LogP contribution in [-0.4, -0.2) is 33.9 Å². The maximum absolute atomic E-state index is 13.7. The highest BCUT2D eigenvalue weighted by molar-refractivity contribution is 6.07. The molecule has 0 bridgehead atoms. The van der Waals surface area contributed by atoms with Crippen LogP contribution in [0.1, 0.15) is 35.8 Å². The molecule has 0 spiro atoms. The molecule has 1 saturated heterocycles. The molecule has 5 nitrogen and oxygen atoms in total.